The summed E-state index contributed by atoms with van der Waals surface area (Å²) in [6.45, 7) is 32.7. The molecule has 0 atom stereocenters. The SMILES string of the molecule is C[Si](C)C.C[Si](C)C.C[Si](C)[Si](C)C.C[Si](C)[Si](C)C.O=[C]([Ge])C12CC3CC(CC(C3)C1)C2.[Ge]. The van der Waals surface area contributed by atoms with E-state index in [-0.39, 0.29) is 73.9 Å². The fourth-order valence-electron chi connectivity index (χ4n) is 4.39. The topological polar surface area (TPSA) is 17.1 Å². The number of carbonyl (C=O) groups excluding carboxylic acids is 1. The van der Waals surface area contributed by atoms with Gasteiger partial charge in [0.25, 0.3) is 0 Å². The zero-order valence-corrected chi connectivity index (χ0v) is 35.6. The molecule has 0 aliphatic heterocycles. The molecule has 0 amide bonds. The van der Waals surface area contributed by atoms with Gasteiger partial charge in [-0.05, 0) is 0 Å². The van der Waals surface area contributed by atoms with Crippen molar-refractivity contribution in [1.82, 2.24) is 0 Å². The van der Waals surface area contributed by atoms with Gasteiger partial charge in [-0.1, -0.05) is 91.7 Å². The second kappa shape index (κ2) is 20.9. The van der Waals surface area contributed by atoms with Gasteiger partial charge in [-0.25, -0.2) is 0 Å². The summed E-state index contributed by atoms with van der Waals surface area (Å²) in [4.78, 5) is 11.7. The summed E-state index contributed by atoms with van der Waals surface area (Å²) < 4.78 is 0.492. The Morgan fingerprint density at radius 1 is 0.559 bits per heavy atom. The van der Waals surface area contributed by atoms with Gasteiger partial charge in [0.15, 0.2) is 0 Å². The van der Waals surface area contributed by atoms with Gasteiger partial charge in [0.2, 0.25) is 0 Å². The third-order valence-electron chi connectivity index (χ3n) is 6.52. The van der Waals surface area contributed by atoms with Gasteiger partial charge in [-0.15, -0.1) is 0 Å². The summed E-state index contributed by atoms with van der Waals surface area (Å²) in [7, 11) is 0.842. The van der Waals surface area contributed by atoms with Crippen LogP contribution in [0.5, 0.6) is 0 Å². The zero-order chi connectivity index (χ0) is 26.5. The van der Waals surface area contributed by atoms with Crippen LogP contribution in [0.4, 0.5) is 0 Å². The summed E-state index contributed by atoms with van der Waals surface area (Å²) >= 11 is 1.83. The molecule has 4 aliphatic carbocycles. The minimum atomic E-state index is 0. The zero-order valence-electron chi connectivity index (χ0n) is 25.4. The molecule has 4 rings (SSSR count). The average Bonchev–Trinajstić information content (AvgIpc) is 2.60. The van der Waals surface area contributed by atoms with Gasteiger partial charge >= 0.3 is 87.6 Å². The monoisotopic (exact) mass is 689 g/mol. The van der Waals surface area contributed by atoms with E-state index < -0.39 is 0 Å². The Morgan fingerprint density at radius 2 is 0.735 bits per heavy atom. The van der Waals surface area contributed by atoms with Gasteiger partial charge in [-0.3, -0.25) is 0 Å². The largest absolute Gasteiger partial charge is 0 e. The molecule has 13 radical (unpaired) electrons. The van der Waals surface area contributed by atoms with Crippen molar-refractivity contribution in [2.45, 2.75) is 130 Å². The minimum absolute atomic E-state index is 0. The fourth-order valence-corrected chi connectivity index (χ4v) is 5.03. The van der Waals surface area contributed by atoms with E-state index in [0.29, 0.717) is 4.62 Å². The van der Waals surface area contributed by atoms with Crippen LogP contribution < -0.4 is 0 Å². The van der Waals surface area contributed by atoms with Gasteiger partial charge in [-0.2, -0.15) is 0 Å². The van der Waals surface area contributed by atoms with Crippen LogP contribution in [0.25, 0.3) is 0 Å². The molecule has 0 aromatic rings. The second-order valence-electron chi connectivity index (χ2n) is 12.5. The van der Waals surface area contributed by atoms with E-state index in [1.165, 1.54) is 38.5 Å². The molecule has 0 aromatic carbocycles. The Bertz CT molecular complexity index is 443. The smallest absolute Gasteiger partial charge is 0 e. The molecule has 4 fully saturated rings. The Balaban J connectivity index is -0.000000394. The third kappa shape index (κ3) is 20.1. The van der Waals surface area contributed by atoms with Crippen LogP contribution in [0, 0.1) is 23.2 Å². The first-order valence-corrected chi connectivity index (χ1v) is 32.0. The van der Waals surface area contributed by atoms with Gasteiger partial charge in [0.05, 0.1) is 0 Å². The first-order valence-electron chi connectivity index (χ1n) is 12.9. The summed E-state index contributed by atoms with van der Waals surface area (Å²) in [5, 5.41) is 0. The number of carbonyl (C=O) groups is 1. The molecule has 34 heavy (non-hydrogen) atoms. The van der Waals surface area contributed by atoms with Crippen molar-refractivity contribution in [3.05, 3.63) is 0 Å². The molecule has 9 heteroatoms. The first kappa shape index (κ1) is 40.6. The van der Waals surface area contributed by atoms with Crippen molar-refractivity contribution >= 4 is 89.6 Å². The van der Waals surface area contributed by atoms with E-state index in [0.717, 1.165) is 17.8 Å². The fraction of sp³-hybridized carbons (Fsp3) is 0.960. The van der Waals surface area contributed by atoms with Crippen LogP contribution in [-0.2, 0) is 4.79 Å². The van der Waals surface area contributed by atoms with Crippen molar-refractivity contribution < 1.29 is 4.79 Å². The van der Waals surface area contributed by atoms with E-state index in [9.17, 15) is 4.79 Å². The quantitative estimate of drug-likeness (QED) is 0.283. The van der Waals surface area contributed by atoms with Crippen molar-refractivity contribution in [2.75, 3.05) is 0 Å². The standard InChI is InChI=1S/C11H15GeO.2C4H12Si2.2C3H9Si.Ge/c12-10(13)11-4-7-1-8(5-11)3-9(2-7)6-11;2*1-5(2)6(3)4;2*1-4(2)3;/h7-9H,1-6H2;2*1-4H3;2*1-3H3;. The summed E-state index contributed by atoms with van der Waals surface area (Å²) in [6, 6.07) is 0. The number of hydrogen-bond donors (Lipinski definition) is 0. The van der Waals surface area contributed by atoms with Crippen molar-refractivity contribution in [1.29, 1.82) is 0 Å². The predicted octanol–water partition coefficient (Wildman–Crippen LogP) is 7.41. The number of hydrogen-bond acceptors (Lipinski definition) is 1. The minimum Gasteiger partial charge on any atom is 0 e. The summed E-state index contributed by atoms with van der Waals surface area (Å²) in [5.74, 6) is 2.74. The van der Waals surface area contributed by atoms with Crippen LogP contribution in [0.2, 0.25) is 91.7 Å². The molecule has 0 heterocycles. The summed E-state index contributed by atoms with van der Waals surface area (Å²) in [6.07, 6.45) is 8.00. The summed E-state index contributed by atoms with van der Waals surface area (Å²) in [5.41, 5.74) is 0.161. The van der Waals surface area contributed by atoms with Crippen LogP contribution in [-0.4, -0.2) is 89.6 Å². The van der Waals surface area contributed by atoms with Crippen LogP contribution in [0.15, 0.2) is 0 Å². The molecular formula is C25H57Ge2OSi6. The Hall–Kier alpha value is 2.06. The molecular weight excluding hydrogens is 630 g/mol. The second-order valence-corrected chi connectivity index (χ2v) is 39.5. The third-order valence-corrected chi connectivity index (χ3v) is 23.6. The van der Waals surface area contributed by atoms with Crippen molar-refractivity contribution in [3.63, 3.8) is 0 Å². The van der Waals surface area contributed by atoms with E-state index in [2.05, 4.69) is 91.7 Å². The van der Waals surface area contributed by atoms with E-state index in [4.69, 9.17) is 0 Å². The van der Waals surface area contributed by atoms with Crippen LogP contribution >= 0.6 is 0 Å². The molecule has 0 unspecified atom stereocenters. The van der Waals surface area contributed by atoms with Gasteiger partial charge in [0.1, 0.15) is 0 Å². The van der Waals surface area contributed by atoms with E-state index in [1.807, 2.05) is 16.5 Å². The van der Waals surface area contributed by atoms with E-state index >= 15 is 0 Å². The Labute approximate surface area is 246 Å². The molecule has 4 bridgehead atoms. The molecule has 1 nitrogen and oxygen atoms in total. The normalized spacial score (nSPS) is 26.1. The van der Waals surface area contributed by atoms with Crippen LogP contribution in [0.3, 0.4) is 0 Å². The molecule has 0 N–H and O–H groups in total. The number of rotatable bonds is 3. The maximum Gasteiger partial charge on any atom is 0 e. The molecule has 0 saturated heterocycles. The van der Waals surface area contributed by atoms with Crippen molar-refractivity contribution in [2.24, 2.45) is 23.2 Å². The average molecular weight is 687 g/mol. The molecule has 4 saturated carbocycles. The van der Waals surface area contributed by atoms with Gasteiger partial charge in [0, 0.05) is 68.4 Å². The van der Waals surface area contributed by atoms with Crippen molar-refractivity contribution in [3.8, 4) is 0 Å². The maximum absolute atomic E-state index is 11.7. The van der Waals surface area contributed by atoms with Crippen LogP contribution in [0.1, 0.15) is 38.5 Å². The Kier molecular flexibility index (Phi) is 25.0. The molecule has 0 spiro atoms. The Morgan fingerprint density at radius 3 is 0.853 bits per heavy atom. The first-order chi connectivity index (χ1) is 14.9. The molecule has 4 aliphatic rings. The van der Waals surface area contributed by atoms with Gasteiger partial charge < -0.3 is 0 Å². The molecule has 0 aromatic heterocycles. The molecule has 195 valence electrons. The maximum atomic E-state index is 11.7. The van der Waals surface area contributed by atoms with E-state index in [1.54, 1.807) is 0 Å². The predicted molar refractivity (Wildman–Crippen MR) is 174 cm³/mol.